The Kier molecular flexibility index (Phi) is 5.03. The molecule has 0 unspecified atom stereocenters. The van der Waals surface area contributed by atoms with Gasteiger partial charge in [-0.15, -0.1) is 0 Å². The Morgan fingerprint density at radius 3 is 2.72 bits per heavy atom. The van der Waals surface area contributed by atoms with E-state index in [1.165, 1.54) is 4.90 Å². The van der Waals surface area contributed by atoms with Crippen molar-refractivity contribution in [2.45, 2.75) is 37.9 Å². The lowest BCUT2D eigenvalue weighted by atomic mass is 9.76. The lowest BCUT2D eigenvalue weighted by Gasteiger charge is -2.29. The van der Waals surface area contributed by atoms with Gasteiger partial charge in [0, 0.05) is 18.0 Å². The number of hydrogen-bond acceptors (Lipinski definition) is 7. The number of aryl methyl sites for hydroxylation is 1. The monoisotopic (exact) mass is 510 g/mol. The number of benzene rings is 2. The third-order valence-corrected chi connectivity index (χ3v) is 7.79. The number of halogens is 1. The highest BCUT2D eigenvalue weighted by Gasteiger charge is 2.70. The van der Waals surface area contributed by atoms with Crippen molar-refractivity contribution >= 4 is 40.9 Å². The predicted molar refractivity (Wildman–Crippen MR) is 127 cm³/mol. The standard InChI is InChI=1S/C25H23ClN4O6/c1-11-6-13-21(14(26)7-11)28-24(34)25(13)20-19(15(29-25)3-5-18(27)31)22(32)30(23(20)33)9-12-2-4-16-17(8-12)36-10-35-16/h2,4,6-8,15,19-20,29H,3,5,9-10H2,1H3,(H2,27,31)(H,28,34)/t15-,19+,20-,25-/m0/s1. The average Bonchev–Trinajstić information content (AvgIpc) is 3.55. The SMILES string of the molecule is Cc1cc(Cl)c2c(c1)[C@@]1(N[C@@H](CCC(N)=O)[C@H]3C(=O)N(Cc4ccc5c(c4)OCO5)C(=O)[C@H]31)C(=O)N2. The summed E-state index contributed by atoms with van der Waals surface area (Å²) in [4.78, 5) is 53.9. The molecule has 2 saturated heterocycles. The van der Waals surface area contributed by atoms with Gasteiger partial charge in [-0.25, -0.2) is 0 Å². The van der Waals surface area contributed by atoms with Gasteiger partial charge in [-0.05, 0) is 42.7 Å². The second-order valence-corrected chi connectivity index (χ2v) is 10.0. The number of rotatable bonds is 5. The Balaban J connectivity index is 1.42. The molecule has 1 spiro atoms. The average molecular weight is 511 g/mol. The van der Waals surface area contributed by atoms with Crippen LogP contribution in [0.3, 0.4) is 0 Å². The first kappa shape index (κ1) is 22.8. The van der Waals surface area contributed by atoms with Crippen molar-refractivity contribution in [1.82, 2.24) is 10.2 Å². The van der Waals surface area contributed by atoms with E-state index in [0.717, 1.165) is 5.56 Å². The molecule has 11 heteroatoms. The van der Waals surface area contributed by atoms with Crippen molar-refractivity contribution in [1.29, 1.82) is 0 Å². The molecule has 0 aliphatic carbocycles. The van der Waals surface area contributed by atoms with E-state index in [4.69, 9.17) is 26.8 Å². The molecule has 2 aromatic rings. The third-order valence-electron chi connectivity index (χ3n) is 7.49. The highest BCUT2D eigenvalue weighted by molar-refractivity contribution is 6.35. The van der Waals surface area contributed by atoms with E-state index in [1.54, 1.807) is 30.3 Å². The fraction of sp³-hybridized carbons (Fsp3) is 0.360. The number of nitrogens with two attached hydrogens (primary N) is 1. The van der Waals surface area contributed by atoms with Crippen molar-refractivity contribution in [3.05, 3.63) is 52.0 Å². The van der Waals surface area contributed by atoms with E-state index in [9.17, 15) is 19.2 Å². The van der Waals surface area contributed by atoms with Crippen LogP contribution in [0.5, 0.6) is 11.5 Å². The number of nitrogens with zero attached hydrogens (tertiary/aromatic N) is 1. The molecule has 4 atom stereocenters. The van der Waals surface area contributed by atoms with Crippen molar-refractivity contribution in [2.75, 3.05) is 12.1 Å². The van der Waals surface area contributed by atoms with Crippen LogP contribution >= 0.6 is 11.6 Å². The lowest BCUT2D eigenvalue weighted by molar-refractivity contribution is -0.143. The van der Waals surface area contributed by atoms with Gasteiger partial charge >= 0.3 is 0 Å². The van der Waals surface area contributed by atoms with Crippen LogP contribution in [0.2, 0.25) is 5.02 Å². The second kappa shape index (κ2) is 7.94. The van der Waals surface area contributed by atoms with E-state index in [2.05, 4.69) is 10.6 Å². The van der Waals surface area contributed by atoms with Crippen molar-refractivity contribution in [3.8, 4) is 11.5 Å². The van der Waals surface area contributed by atoms with Gasteiger partial charge in [0.15, 0.2) is 11.5 Å². The highest BCUT2D eigenvalue weighted by Crippen LogP contribution is 2.55. The second-order valence-electron chi connectivity index (χ2n) is 9.64. The van der Waals surface area contributed by atoms with Crippen LogP contribution in [0.1, 0.15) is 29.5 Å². The molecule has 0 bridgehead atoms. The maximum absolute atomic E-state index is 13.9. The molecule has 0 aromatic heterocycles. The number of primary amides is 1. The molecule has 4 heterocycles. The molecular formula is C25H23ClN4O6. The minimum Gasteiger partial charge on any atom is -0.454 e. The van der Waals surface area contributed by atoms with Crippen LogP contribution in [-0.2, 0) is 31.3 Å². The minimum absolute atomic E-state index is 0.00362. The summed E-state index contributed by atoms with van der Waals surface area (Å²) in [7, 11) is 0. The van der Waals surface area contributed by atoms with Crippen molar-refractivity contribution in [3.63, 3.8) is 0 Å². The number of hydrogen-bond donors (Lipinski definition) is 3. The molecule has 0 radical (unpaired) electrons. The zero-order valence-corrected chi connectivity index (χ0v) is 20.1. The largest absolute Gasteiger partial charge is 0.454 e. The molecule has 186 valence electrons. The molecule has 10 nitrogen and oxygen atoms in total. The smallest absolute Gasteiger partial charge is 0.250 e. The van der Waals surface area contributed by atoms with Gasteiger partial charge in [0.1, 0.15) is 5.54 Å². The minimum atomic E-state index is -1.49. The van der Waals surface area contributed by atoms with E-state index in [-0.39, 0.29) is 26.2 Å². The van der Waals surface area contributed by atoms with Crippen molar-refractivity contribution < 1.29 is 28.7 Å². The van der Waals surface area contributed by atoms with Gasteiger partial charge in [-0.1, -0.05) is 23.7 Å². The van der Waals surface area contributed by atoms with E-state index in [0.29, 0.717) is 33.3 Å². The number of ether oxygens (including phenoxy) is 2. The molecule has 2 aromatic carbocycles. The summed E-state index contributed by atoms with van der Waals surface area (Å²) in [6.07, 6.45) is 0.209. The van der Waals surface area contributed by atoms with Crippen LogP contribution in [0.25, 0.3) is 0 Å². The van der Waals surface area contributed by atoms with Crippen LogP contribution in [0, 0.1) is 18.8 Å². The molecule has 36 heavy (non-hydrogen) atoms. The molecule has 4 aliphatic heterocycles. The summed E-state index contributed by atoms with van der Waals surface area (Å²) in [6, 6.07) is 8.14. The van der Waals surface area contributed by atoms with Gasteiger partial charge in [0.25, 0.3) is 0 Å². The first-order valence-corrected chi connectivity index (χ1v) is 12.0. The van der Waals surface area contributed by atoms with Gasteiger partial charge in [-0.2, -0.15) is 0 Å². The molecule has 4 amide bonds. The van der Waals surface area contributed by atoms with Crippen LogP contribution in [0.4, 0.5) is 5.69 Å². The fourth-order valence-corrected chi connectivity index (χ4v) is 6.30. The van der Waals surface area contributed by atoms with Crippen LogP contribution in [0.15, 0.2) is 30.3 Å². The summed E-state index contributed by atoms with van der Waals surface area (Å²) in [5, 5.41) is 6.44. The molecule has 4 aliphatic rings. The van der Waals surface area contributed by atoms with E-state index >= 15 is 0 Å². The molecular weight excluding hydrogens is 488 g/mol. The third kappa shape index (κ3) is 3.14. The summed E-state index contributed by atoms with van der Waals surface area (Å²) < 4.78 is 10.8. The number of amides is 4. The van der Waals surface area contributed by atoms with Gasteiger partial charge in [0.05, 0.1) is 29.1 Å². The number of imide groups is 1. The Bertz CT molecular complexity index is 1360. The summed E-state index contributed by atoms with van der Waals surface area (Å²) >= 11 is 6.44. The molecule has 4 N–H and O–H groups in total. The Morgan fingerprint density at radius 2 is 1.94 bits per heavy atom. The maximum Gasteiger partial charge on any atom is 0.250 e. The lowest BCUT2D eigenvalue weighted by Crippen LogP contribution is -2.53. The van der Waals surface area contributed by atoms with Crippen LogP contribution < -0.4 is 25.8 Å². The number of nitrogens with one attached hydrogen (secondary N) is 2. The topological polar surface area (TPSA) is 140 Å². The molecule has 6 rings (SSSR count). The van der Waals surface area contributed by atoms with E-state index < -0.39 is 47.0 Å². The van der Waals surface area contributed by atoms with Gasteiger partial charge < -0.3 is 20.5 Å². The quantitative estimate of drug-likeness (QED) is 0.518. The first-order valence-electron chi connectivity index (χ1n) is 11.6. The molecule has 0 saturated carbocycles. The Morgan fingerprint density at radius 1 is 1.17 bits per heavy atom. The van der Waals surface area contributed by atoms with Crippen molar-refractivity contribution in [2.24, 2.45) is 17.6 Å². The predicted octanol–water partition coefficient (Wildman–Crippen LogP) is 1.56. The van der Waals surface area contributed by atoms with Crippen LogP contribution in [-0.4, -0.2) is 41.4 Å². The summed E-state index contributed by atoms with van der Waals surface area (Å²) in [5.41, 5.74) is 6.34. The van der Waals surface area contributed by atoms with E-state index in [1.807, 2.05) is 6.92 Å². The van der Waals surface area contributed by atoms with Gasteiger partial charge in [0.2, 0.25) is 30.4 Å². The fourth-order valence-electron chi connectivity index (χ4n) is 5.98. The summed E-state index contributed by atoms with van der Waals surface area (Å²) in [5.74, 6) is -2.56. The zero-order valence-electron chi connectivity index (χ0n) is 19.3. The summed E-state index contributed by atoms with van der Waals surface area (Å²) in [6.45, 7) is 1.97. The number of anilines is 1. The number of likely N-dealkylation sites (tertiary alicyclic amines) is 1. The number of carbonyl (C=O) groups excluding carboxylic acids is 4. The normalized spacial score (nSPS) is 27.6. The number of fused-ring (bicyclic) bond motifs is 5. The van der Waals surface area contributed by atoms with Gasteiger partial charge in [-0.3, -0.25) is 29.4 Å². The maximum atomic E-state index is 13.9. The highest BCUT2D eigenvalue weighted by atomic mass is 35.5. The first-order chi connectivity index (χ1) is 17.2. The Hall–Kier alpha value is -3.63. The number of carbonyl (C=O) groups is 4. The zero-order chi connectivity index (χ0) is 25.4. The molecule has 2 fully saturated rings. The Labute approximate surface area is 211 Å².